The number of hydrogen-bond donors (Lipinski definition) is 0. The van der Waals surface area contributed by atoms with Gasteiger partial charge in [-0.2, -0.15) is 5.26 Å². The molecular formula is C18H23NO2. The van der Waals surface area contributed by atoms with E-state index in [-0.39, 0.29) is 5.57 Å². The van der Waals surface area contributed by atoms with Gasteiger partial charge in [0.2, 0.25) is 0 Å². The van der Waals surface area contributed by atoms with Crippen LogP contribution in [0, 0.1) is 11.3 Å². The molecule has 0 saturated carbocycles. The van der Waals surface area contributed by atoms with E-state index in [1.807, 2.05) is 36.4 Å². The van der Waals surface area contributed by atoms with Crippen LogP contribution in [0.25, 0.3) is 6.08 Å². The predicted octanol–water partition coefficient (Wildman–Crippen LogP) is 4.50. The van der Waals surface area contributed by atoms with Crippen molar-refractivity contribution in [3.63, 3.8) is 0 Å². The van der Waals surface area contributed by atoms with Crippen LogP contribution in [0.3, 0.4) is 0 Å². The topological polar surface area (TPSA) is 50.1 Å². The molecule has 0 aliphatic heterocycles. The summed E-state index contributed by atoms with van der Waals surface area (Å²) in [6, 6.07) is 11.2. The number of carbonyl (C=O) groups excluding carboxylic acids is 1. The first kappa shape index (κ1) is 17.0. The maximum Gasteiger partial charge on any atom is 0.348 e. The predicted molar refractivity (Wildman–Crippen MR) is 84.4 cm³/mol. The molecular weight excluding hydrogens is 262 g/mol. The Morgan fingerprint density at radius 3 is 2.48 bits per heavy atom. The van der Waals surface area contributed by atoms with Crippen molar-refractivity contribution < 1.29 is 9.53 Å². The highest BCUT2D eigenvalue weighted by molar-refractivity contribution is 5.97. The third-order valence-corrected chi connectivity index (χ3v) is 3.18. The van der Waals surface area contributed by atoms with Crippen LogP contribution in [0.2, 0.25) is 0 Å². The van der Waals surface area contributed by atoms with Crippen molar-refractivity contribution in [2.75, 3.05) is 6.61 Å². The summed E-state index contributed by atoms with van der Waals surface area (Å²) in [5, 5.41) is 9.04. The summed E-state index contributed by atoms with van der Waals surface area (Å²) in [5.41, 5.74) is 0.873. The lowest BCUT2D eigenvalue weighted by Crippen LogP contribution is -2.08. The monoisotopic (exact) mass is 285 g/mol. The summed E-state index contributed by atoms with van der Waals surface area (Å²) in [6.45, 7) is 2.57. The Balaban J connectivity index is 2.33. The summed E-state index contributed by atoms with van der Waals surface area (Å²) in [4.78, 5) is 11.8. The average Bonchev–Trinajstić information content (AvgIpc) is 2.52. The van der Waals surface area contributed by atoms with Crippen molar-refractivity contribution in [1.29, 1.82) is 5.26 Å². The molecule has 0 bridgehead atoms. The van der Waals surface area contributed by atoms with Crippen LogP contribution in [0.4, 0.5) is 0 Å². The second-order valence-corrected chi connectivity index (χ2v) is 4.98. The van der Waals surface area contributed by atoms with E-state index in [2.05, 4.69) is 6.92 Å². The van der Waals surface area contributed by atoms with Gasteiger partial charge in [0.25, 0.3) is 0 Å². The standard InChI is InChI=1S/C18H23NO2/c1-2-3-4-5-6-10-13-21-18(20)17(15-19)14-16-11-8-7-9-12-16/h7-9,11-12,14H,2-6,10,13H2,1H3. The van der Waals surface area contributed by atoms with E-state index in [1.165, 1.54) is 25.7 Å². The second kappa shape index (κ2) is 10.7. The molecule has 0 fully saturated rings. The van der Waals surface area contributed by atoms with Gasteiger partial charge in [-0.1, -0.05) is 69.4 Å². The van der Waals surface area contributed by atoms with Crippen LogP contribution >= 0.6 is 0 Å². The summed E-state index contributed by atoms with van der Waals surface area (Å²) in [5.74, 6) is -0.532. The number of nitriles is 1. The van der Waals surface area contributed by atoms with E-state index in [9.17, 15) is 4.79 Å². The van der Waals surface area contributed by atoms with E-state index < -0.39 is 5.97 Å². The largest absolute Gasteiger partial charge is 0.462 e. The highest BCUT2D eigenvalue weighted by Crippen LogP contribution is 2.09. The smallest absolute Gasteiger partial charge is 0.348 e. The molecule has 0 aromatic heterocycles. The zero-order valence-corrected chi connectivity index (χ0v) is 12.7. The molecule has 0 heterocycles. The van der Waals surface area contributed by atoms with Gasteiger partial charge in [0.05, 0.1) is 6.61 Å². The molecule has 1 aromatic rings. The SMILES string of the molecule is CCCCCCCCOC(=O)C(C#N)=Cc1ccccc1. The number of rotatable bonds is 9. The minimum absolute atomic E-state index is 0.0483. The van der Waals surface area contributed by atoms with Gasteiger partial charge in [0.1, 0.15) is 11.6 Å². The van der Waals surface area contributed by atoms with Gasteiger partial charge in [0.15, 0.2) is 0 Å². The Morgan fingerprint density at radius 2 is 1.81 bits per heavy atom. The second-order valence-electron chi connectivity index (χ2n) is 4.98. The Morgan fingerprint density at radius 1 is 1.14 bits per heavy atom. The van der Waals surface area contributed by atoms with Gasteiger partial charge < -0.3 is 4.74 Å². The fourth-order valence-corrected chi connectivity index (χ4v) is 1.98. The van der Waals surface area contributed by atoms with Crippen molar-refractivity contribution in [3.05, 3.63) is 41.5 Å². The highest BCUT2D eigenvalue weighted by Gasteiger charge is 2.10. The minimum atomic E-state index is -0.532. The first-order chi connectivity index (χ1) is 10.3. The lowest BCUT2D eigenvalue weighted by Gasteiger charge is -2.04. The molecule has 1 rings (SSSR count). The number of unbranched alkanes of at least 4 members (excludes halogenated alkanes) is 5. The normalized spacial score (nSPS) is 11.0. The molecule has 112 valence electrons. The molecule has 3 heteroatoms. The molecule has 0 unspecified atom stereocenters. The quantitative estimate of drug-likeness (QED) is 0.290. The van der Waals surface area contributed by atoms with Crippen molar-refractivity contribution in [3.8, 4) is 6.07 Å². The van der Waals surface area contributed by atoms with E-state index in [1.54, 1.807) is 6.08 Å². The molecule has 0 aliphatic carbocycles. The van der Waals surface area contributed by atoms with Gasteiger partial charge in [-0.25, -0.2) is 4.79 Å². The molecule has 0 N–H and O–H groups in total. The van der Waals surface area contributed by atoms with Gasteiger partial charge in [0, 0.05) is 0 Å². The molecule has 0 radical (unpaired) electrons. The van der Waals surface area contributed by atoms with Crippen LogP contribution in [-0.2, 0) is 9.53 Å². The number of ether oxygens (including phenoxy) is 1. The lowest BCUT2D eigenvalue weighted by atomic mass is 10.1. The van der Waals surface area contributed by atoms with E-state index in [0.29, 0.717) is 6.61 Å². The van der Waals surface area contributed by atoms with E-state index >= 15 is 0 Å². The Kier molecular flexibility index (Phi) is 8.63. The fourth-order valence-electron chi connectivity index (χ4n) is 1.98. The highest BCUT2D eigenvalue weighted by atomic mass is 16.5. The van der Waals surface area contributed by atoms with Crippen LogP contribution < -0.4 is 0 Å². The van der Waals surface area contributed by atoms with Gasteiger partial charge in [-0.3, -0.25) is 0 Å². The molecule has 0 atom stereocenters. The van der Waals surface area contributed by atoms with Crippen LogP contribution in [0.15, 0.2) is 35.9 Å². The minimum Gasteiger partial charge on any atom is -0.462 e. The van der Waals surface area contributed by atoms with Crippen molar-refractivity contribution in [1.82, 2.24) is 0 Å². The van der Waals surface area contributed by atoms with Crippen molar-refractivity contribution in [2.24, 2.45) is 0 Å². The fraction of sp³-hybridized carbons (Fsp3) is 0.444. The molecule has 1 aromatic carbocycles. The number of benzene rings is 1. The third kappa shape index (κ3) is 7.31. The zero-order chi connectivity index (χ0) is 15.3. The molecule has 0 saturated heterocycles. The molecule has 21 heavy (non-hydrogen) atoms. The molecule has 0 amide bonds. The van der Waals surface area contributed by atoms with Crippen molar-refractivity contribution in [2.45, 2.75) is 45.4 Å². The maximum atomic E-state index is 11.8. The van der Waals surface area contributed by atoms with E-state index in [4.69, 9.17) is 10.00 Å². The van der Waals surface area contributed by atoms with Crippen LogP contribution in [0.5, 0.6) is 0 Å². The Hall–Kier alpha value is -2.08. The van der Waals surface area contributed by atoms with Crippen LogP contribution in [0.1, 0.15) is 51.0 Å². The van der Waals surface area contributed by atoms with Gasteiger partial charge in [-0.15, -0.1) is 0 Å². The number of nitrogens with zero attached hydrogens (tertiary/aromatic N) is 1. The molecule has 3 nitrogen and oxygen atoms in total. The zero-order valence-electron chi connectivity index (χ0n) is 12.7. The van der Waals surface area contributed by atoms with Crippen molar-refractivity contribution >= 4 is 12.0 Å². The maximum absolute atomic E-state index is 11.8. The first-order valence-corrected chi connectivity index (χ1v) is 7.62. The van der Waals surface area contributed by atoms with Gasteiger partial charge >= 0.3 is 5.97 Å². The lowest BCUT2D eigenvalue weighted by molar-refractivity contribution is -0.138. The number of hydrogen-bond acceptors (Lipinski definition) is 3. The Bertz CT molecular complexity index is 486. The van der Waals surface area contributed by atoms with Gasteiger partial charge in [-0.05, 0) is 18.1 Å². The summed E-state index contributed by atoms with van der Waals surface area (Å²) < 4.78 is 5.14. The van der Waals surface area contributed by atoms with E-state index in [0.717, 1.165) is 18.4 Å². The summed E-state index contributed by atoms with van der Waals surface area (Å²) in [7, 11) is 0. The third-order valence-electron chi connectivity index (χ3n) is 3.18. The molecule has 0 aliphatic rings. The number of carbonyl (C=O) groups is 1. The average molecular weight is 285 g/mol. The number of esters is 1. The summed E-state index contributed by atoms with van der Waals surface area (Å²) >= 11 is 0. The summed E-state index contributed by atoms with van der Waals surface area (Å²) in [6.07, 6.45) is 8.39. The Labute approximate surface area is 127 Å². The first-order valence-electron chi connectivity index (χ1n) is 7.62. The molecule has 0 spiro atoms. The van der Waals surface area contributed by atoms with Crippen LogP contribution in [-0.4, -0.2) is 12.6 Å².